The van der Waals surface area contributed by atoms with Crippen LogP contribution in [0.25, 0.3) is 0 Å². The van der Waals surface area contributed by atoms with E-state index in [2.05, 4.69) is 12.2 Å². The SMILES string of the molecule is CCCCCCC(=O)N(Cc1cccc(Oc2ccccc2)c1)C1CCCCNC1=O. The summed E-state index contributed by atoms with van der Waals surface area (Å²) in [4.78, 5) is 27.6. The number of rotatable bonds is 10. The van der Waals surface area contributed by atoms with Crippen molar-refractivity contribution in [2.75, 3.05) is 6.54 Å². The van der Waals surface area contributed by atoms with Crippen molar-refractivity contribution in [3.63, 3.8) is 0 Å². The molecule has 0 bridgehead atoms. The maximum absolute atomic E-state index is 13.2. The molecule has 5 nitrogen and oxygen atoms in total. The Morgan fingerprint density at radius 1 is 1.03 bits per heavy atom. The Bertz CT molecular complexity index is 838. The molecule has 2 amide bonds. The van der Waals surface area contributed by atoms with Crippen LogP contribution in [0.4, 0.5) is 0 Å². The van der Waals surface area contributed by atoms with Crippen LogP contribution in [0.2, 0.25) is 0 Å². The van der Waals surface area contributed by atoms with Crippen molar-refractivity contribution in [1.82, 2.24) is 10.2 Å². The predicted molar refractivity (Wildman–Crippen MR) is 123 cm³/mol. The first-order valence-corrected chi connectivity index (χ1v) is 11.6. The second kappa shape index (κ2) is 12.1. The molecule has 0 aliphatic carbocycles. The molecular formula is C26H34N2O3. The number of nitrogens with zero attached hydrogens (tertiary/aromatic N) is 1. The lowest BCUT2D eigenvalue weighted by molar-refractivity contribution is -0.141. The van der Waals surface area contributed by atoms with Crippen molar-refractivity contribution in [2.24, 2.45) is 0 Å². The zero-order valence-electron chi connectivity index (χ0n) is 18.5. The average Bonchev–Trinajstić information content (AvgIpc) is 3.00. The van der Waals surface area contributed by atoms with Crippen LogP contribution < -0.4 is 10.1 Å². The third-order valence-electron chi connectivity index (χ3n) is 5.68. The van der Waals surface area contributed by atoms with E-state index in [4.69, 9.17) is 4.74 Å². The van der Waals surface area contributed by atoms with Crippen LogP contribution in [0.1, 0.15) is 63.9 Å². The van der Waals surface area contributed by atoms with Crippen molar-refractivity contribution < 1.29 is 14.3 Å². The summed E-state index contributed by atoms with van der Waals surface area (Å²) in [5, 5.41) is 2.98. The highest BCUT2D eigenvalue weighted by molar-refractivity contribution is 5.87. The minimum absolute atomic E-state index is 0.0314. The fourth-order valence-corrected chi connectivity index (χ4v) is 3.97. The summed E-state index contributed by atoms with van der Waals surface area (Å²) < 4.78 is 5.96. The molecule has 1 aliphatic heterocycles. The monoisotopic (exact) mass is 422 g/mol. The topological polar surface area (TPSA) is 58.6 Å². The number of amides is 2. The molecule has 1 unspecified atom stereocenters. The highest BCUT2D eigenvalue weighted by Gasteiger charge is 2.30. The molecule has 0 spiro atoms. The van der Waals surface area contributed by atoms with Crippen LogP contribution >= 0.6 is 0 Å². The minimum Gasteiger partial charge on any atom is -0.457 e. The molecule has 1 saturated heterocycles. The maximum Gasteiger partial charge on any atom is 0.242 e. The molecule has 0 radical (unpaired) electrons. The number of unbranched alkanes of at least 4 members (excludes halogenated alkanes) is 3. The van der Waals surface area contributed by atoms with E-state index in [1.54, 1.807) is 4.90 Å². The van der Waals surface area contributed by atoms with Crippen LogP contribution in [0, 0.1) is 0 Å². The van der Waals surface area contributed by atoms with Gasteiger partial charge in [0.15, 0.2) is 0 Å². The Morgan fingerprint density at radius 2 is 1.84 bits per heavy atom. The molecule has 0 saturated carbocycles. The summed E-state index contributed by atoms with van der Waals surface area (Å²) in [6, 6.07) is 17.0. The standard InChI is InChI=1S/C26H34N2O3/c1-2-3-4-8-17-25(29)28(24-16-9-10-18-27-26(24)30)20-21-12-11-15-23(19-21)31-22-13-6-5-7-14-22/h5-7,11-15,19,24H,2-4,8-10,16-18,20H2,1H3,(H,27,30). The molecular weight excluding hydrogens is 388 g/mol. The van der Waals surface area contributed by atoms with E-state index in [1.165, 1.54) is 0 Å². The second-order valence-corrected chi connectivity index (χ2v) is 8.20. The Hall–Kier alpha value is -2.82. The highest BCUT2D eigenvalue weighted by atomic mass is 16.5. The third-order valence-corrected chi connectivity index (χ3v) is 5.68. The van der Waals surface area contributed by atoms with Gasteiger partial charge >= 0.3 is 0 Å². The molecule has 1 N–H and O–H groups in total. The van der Waals surface area contributed by atoms with Gasteiger partial charge in [0.05, 0.1) is 0 Å². The lowest BCUT2D eigenvalue weighted by atomic mass is 10.1. The van der Waals surface area contributed by atoms with Gasteiger partial charge in [-0.3, -0.25) is 9.59 Å². The Labute approximate surface area is 185 Å². The Morgan fingerprint density at radius 3 is 2.65 bits per heavy atom. The van der Waals surface area contributed by atoms with Gasteiger partial charge in [0, 0.05) is 19.5 Å². The maximum atomic E-state index is 13.2. The van der Waals surface area contributed by atoms with Crippen LogP contribution in [0.3, 0.4) is 0 Å². The van der Waals surface area contributed by atoms with Crippen molar-refractivity contribution in [3.05, 3.63) is 60.2 Å². The van der Waals surface area contributed by atoms with Crippen LogP contribution in [0.15, 0.2) is 54.6 Å². The number of hydrogen-bond donors (Lipinski definition) is 1. The number of hydrogen-bond acceptors (Lipinski definition) is 3. The molecule has 1 atom stereocenters. The van der Waals surface area contributed by atoms with Crippen molar-refractivity contribution in [2.45, 2.75) is 70.9 Å². The van der Waals surface area contributed by atoms with Gasteiger partial charge in [0.25, 0.3) is 0 Å². The zero-order valence-corrected chi connectivity index (χ0v) is 18.5. The molecule has 166 valence electrons. The lowest BCUT2D eigenvalue weighted by Crippen LogP contribution is -2.48. The number of nitrogens with one attached hydrogen (secondary N) is 1. The van der Waals surface area contributed by atoms with E-state index < -0.39 is 6.04 Å². The van der Waals surface area contributed by atoms with Gasteiger partial charge < -0.3 is 15.0 Å². The Balaban J connectivity index is 1.74. The van der Waals surface area contributed by atoms with E-state index in [0.29, 0.717) is 25.9 Å². The molecule has 3 rings (SSSR count). The zero-order chi connectivity index (χ0) is 21.9. The third kappa shape index (κ3) is 7.12. The van der Waals surface area contributed by atoms with E-state index in [-0.39, 0.29) is 11.8 Å². The summed E-state index contributed by atoms with van der Waals surface area (Å²) in [5.41, 5.74) is 0.965. The van der Waals surface area contributed by atoms with Crippen LogP contribution in [-0.4, -0.2) is 29.3 Å². The first-order chi connectivity index (χ1) is 15.2. The van der Waals surface area contributed by atoms with Gasteiger partial charge in [-0.25, -0.2) is 0 Å². The van der Waals surface area contributed by atoms with Gasteiger partial charge in [-0.2, -0.15) is 0 Å². The smallest absolute Gasteiger partial charge is 0.242 e. The number of carbonyl (C=O) groups excluding carboxylic acids is 2. The summed E-state index contributed by atoms with van der Waals surface area (Å²) in [5.74, 6) is 1.53. The molecule has 2 aromatic carbocycles. The number of carbonyl (C=O) groups is 2. The van der Waals surface area contributed by atoms with Gasteiger partial charge in [-0.1, -0.05) is 56.5 Å². The Kier molecular flexibility index (Phi) is 8.95. The van der Waals surface area contributed by atoms with Crippen molar-refractivity contribution >= 4 is 11.8 Å². The largest absolute Gasteiger partial charge is 0.457 e. The number of benzene rings is 2. The molecule has 1 fully saturated rings. The van der Waals surface area contributed by atoms with Gasteiger partial charge in [-0.05, 0) is 55.5 Å². The lowest BCUT2D eigenvalue weighted by Gasteiger charge is -2.30. The first kappa shape index (κ1) is 22.9. The fourth-order valence-electron chi connectivity index (χ4n) is 3.97. The molecule has 5 heteroatoms. The molecule has 1 heterocycles. The summed E-state index contributed by atoms with van der Waals surface area (Å²) in [6.45, 7) is 3.26. The average molecular weight is 423 g/mol. The molecule has 31 heavy (non-hydrogen) atoms. The highest BCUT2D eigenvalue weighted by Crippen LogP contribution is 2.24. The fraction of sp³-hybridized carbons (Fsp3) is 0.462. The van der Waals surface area contributed by atoms with E-state index >= 15 is 0 Å². The van der Waals surface area contributed by atoms with E-state index in [0.717, 1.165) is 55.6 Å². The van der Waals surface area contributed by atoms with Crippen molar-refractivity contribution in [1.29, 1.82) is 0 Å². The van der Waals surface area contributed by atoms with E-state index in [1.807, 2.05) is 54.6 Å². The van der Waals surface area contributed by atoms with Crippen LogP contribution in [0.5, 0.6) is 11.5 Å². The molecule has 0 aromatic heterocycles. The molecule has 2 aromatic rings. The summed E-state index contributed by atoms with van der Waals surface area (Å²) in [7, 11) is 0. The normalized spacial score (nSPS) is 16.3. The summed E-state index contributed by atoms with van der Waals surface area (Å²) in [6.07, 6.45) is 7.30. The van der Waals surface area contributed by atoms with Crippen molar-refractivity contribution in [3.8, 4) is 11.5 Å². The quantitative estimate of drug-likeness (QED) is 0.518. The van der Waals surface area contributed by atoms with Crippen LogP contribution in [-0.2, 0) is 16.1 Å². The summed E-state index contributed by atoms with van der Waals surface area (Å²) >= 11 is 0. The second-order valence-electron chi connectivity index (χ2n) is 8.20. The van der Waals surface area contributed by atoms with Gasteiger partial charge in [0.1, 0.15) is 17.5 Å². The van der Waals surface area contributed by atoms with Gasteiger partial charge in [0.2, 0.25) is 11.8 Å². The van der Waals surface area contributed by atoms with E-state index in [9.17, 15) is 9.59 Å². The number of ether oxygens (including phenoxy) is 1. The van der Waals surface area contributed by atoms with Gasteiger partial charge in [-0.15, -0.1) is 0 Å². The minimum atomic E-state index is -0.403. The predicted octanol–water partition coefficient (Wildman–Crippen LogP) is 5.45. The first-order valence-electron chi connectivity index (χ1n) is 11.6. The molecule has 1 aliphatic rings. The number of para-hydroxylation sites is 1.